The van der Waals surface area contributed by atoms with Crippen LogP contribution >= 0.6 is 0 Å². The van der Waals surface area contributed by atoms with Gasteiger partial charge in [0.2, 0.25) is 0 Å². The number of piperidine rings is 1. The number of benzene rings is 1. The maximum atomic E-state index is 11.9. The van der Waals surface area contributed by atoms with Crippen molar-refractivity contribution in [3.63, 3.8) is 0 Å². The van der Waals surface area contributed by atoms with Gasteiger partial charge in [-0.05, 0) is 57.6 Å². The van der Waals surface area contributed by atoms with E-state index >= 15 is 0 Å². The quantitative estimate of drug-likeness (QED) is 0.582. The molecule has 1 saturated carbocycles. The Hall–Kier alpha value is -2.24. The summed E-state index contributed by atoms with van der Waals surface area (Å²) in [7, 11) is 0. The Kier molecular flexibility index (Phi) is 6.81. The number of likely N-dealkylation sites (tertiary alicyclic amines) is 1. The molecule has 1 aromatic carbocycles. The van der Waals surface area contributed by atoms with Gasteiger partial charge in [-0.25, -0.2) is 4.79 Å². The van der Waals surface area contributed by atoms with Gasteiger partial charge in [0, 0.05) is 31.1 Å². The molecule has 0 radical (unpaired) electrons. The van der Waals surface area contributed by atoms with E-state index in [0.717, 1.165) is 45.0 Å². The van der Waals surface area contributed by atoms with E-state index in [1.807, 2.05) is 6.92 Å². The van der Waals surface area contributed by atoms with Crippen LogP contribution in [0.25, 0.3) is 0 Å². The average molecular weight is 387 g/mol. The molecule has 1 saturated heterocycles. The van der Waals surface area contributed by atoms with Crippen molar-refractivity contribution < 1.29 is 9.53 Å². The van der Waals surface area contributed by atoms with Gasteiger partial charge in [-0.1, -0.05) is 24.3 Å². The lowest BCUT2D eigenvalue weighted by Crippen LogP contribution is -2.50. The van der Waals surface area contributed by atoms with E-state index in [2.05, 4.69) is 48.7 Å². The monoisotopic (exact) mass is 386 g/mol. The second kappa shape index (κ2) is 9.30. The summed E-state index contributed by atoms with van der Waals surface area (Å²) in [5, 5.41) is 6.96. The average Bonchev–Trinajstić information content (AvgIpc) is 3.48. The number of aliphatic imine (C=N–C) groups is 1. The van der Waals surface area contributed by atoms with Gasteiger partial charge in [0.25, 0.3) is 0 Å². The van der Waals surface area contributed by atoms with Gasteiger partial charge in [-0.3, -0.25) is 4.99 Å². The van der Waals surface area contributed by atoms with Gasteiger partial charge in [0.05, 0.1) is 13.2 Å². The minimum atomic E-state index is -0.199. The van der Waals surface area contributed by atoms with Crippen molar-refractivity contribution in [2.24, 2.45) is 4.99 Å². The molecule has 2 aliphatic rings. The smallest absolute Gasteiger partial charge is 0.409 e. The molecule has 0 spiro atoms. The van der Waals surface area contributed by atoms with Crippen molar-refractivity contribution in [1.82, 2.24) is 15.5 Å². The van der Waals surface area contributed by atoms with Gasteiger partial charge in [0.15, 0.2) is 5.96 Å². The highest BCUT2D eigenvalue weighted by atomic mass is 16.6. The van der Waals surface area contributed by atoms with E-state index in [1.54, 1.807) is 4.90 Å². The summed E-state index contributed by atoms with van der Waals surface area (Å²) >= 11 is 0. The SMILES string of the molecule is CCNC(=NCC1(c2ccccc2C)CC1)NC1CCN(C(=O)OCC)CC1. The van der Waals surface area contributed by atoms with Crippen LogP contribution in [0.3, 0.4) is 0 Å². The number of rotatable bonds is 6. The molecule has 6 nitrogen and oxygen atoms in total. The van der Waals surface area contributed by atoms with Crippen molar-refractivity contribution >= 4 is 12.1 Å². The summed E-state index contributed by atoms with van der Waals surface area (Å²) < 4.78 is 5.10. The molecule has 0 atom stereocenters. The number of ether oxygens (including phenoxy) is 1. The third kappa shape index (κ3) is 4.97. The minimum absolute atomic E-state index is 0.199. The Labute approximate surface area is 168 Å². The first-order valence-corrected chi connectivity index (χ1v) is 10.6. The first-order valence-electron chi connectivity index (χ1n) is 10.6. The zero-order valence-corrected chi connectivity index (χ0v) is 17.5. The molecule has 2 N–H and O–H groups in total. The van der Waals surface area contributed by atoms with Crippen molar-refractivity contribution in [3.8, 4) is 0 Å². The molecule has 0 bridgehead atoms. The molecule has 3 rings (SSSR count). The van der Waals surface area contributed by atoms with E-state index in [9.17, 15) is 4.79 Å². The Bertz CT molecular complexity index is 692. The molecule has 1 heterocycles. The summed E-state index contributed by atoms with van der Waals surface area (Å²) in [6.07, 6.45) is 4.03. The molecule has 1 amide bonds. The third-order valence-corrected chi connectivity index (χ3v) is 5.82. The Balaban J connectivity index is 1.57. The predicted molar refractivity (Wildman–Crippen MR) is 113 cm³/mol. The van der Waals surface area contributed by atoms with E-state index in [0.29, 0.717) is 12.6 Å². The van der Waals surface area contributed by atoms with E-state index in [-0.39, 0.29) is 11.5 Å². The van der Waals surface area contributed by atoms with Crippen LogP contribution in [-0.2, 0) is 10.2 Å². The second-order valence-corrected chi connectivity index (χ2v) is 7.89. The molecule has 0 aromatic heterocycles. The number of nitrogens with one attached hydrogen (secondary N) is 2. The zero-order chi connectivity index (χ0) is 20.0. The lowest BCUT2D eigenvalue weighted by Gasteiger charge is -2.32. The highest BCUT2D eigenvalue weighted by Crippen LogP contribution is 2.49. The van der Waals surface area contributed by atoms with Crippen LogP contribution in [0.2, 0.25) is 0 Å². The zero-order valence-electron chi connectivity index (χ0n) is 17.5. The van der Waals surface area contributed by atoms with Crippen molar-refractivity contribution in [1.29, 1.82) is 0 Å². The van der Waals surface area contributed by atoms with E-state index in [1.165, 1.54) is 24.0 Å². The number of carbonyl (C=O) groups is 1. The van der Waals surface area contributed by atoms with Gasteiger partial charge in [-0.2, -0.15) is 0 Å². The summed E-state index contributed by atoms with van der Waals surface area (Å²) in [4.78, 5) is 18.6. The molecule has 2 fully saturated rings. The molecule has 1 aliphatic heterocycles. The molecule has 1 aromatic rings. The van der Waals surface area contributed by atoms with Crippen LogP contribution in [0.5, 0.6) is 0 Å². The number of guanidine groups is 1. The van der Waals surface area contributed by atoms with E-state index in [4.69, 9.17) is 9.73 Å². The molecule has 28 heavy (non-hydrogen) atoms. The Morgan fingerprint density at radius 2 is 1.96 bits per heavy atom. The molecule has 1 aliphatic carbocycles. The summed E-state index contributed by atoms with van der Waals surface area (Å²) in [5.41, 5.74) is 3.01. The van der Waals surface area contributed by atoms with Gasteiger partial charge in [-0.15, -0.1) is 0 Å². The van der Waals surface area contributed by atoms with Crippen LogP contribution in [0.4, 0.5) is 4.79 Å². The number of nitrogens with zero attached hydrogens (tertiary/aromatic N) is 2. The second-order valence-electron chi connectivity index (χ2n) is 7.89. The van der Waals surface area contributed by atoms with Gasteiger partial charge < -0.3 is 20.3 Å². The summed E-state index contributed by atoms with van der Waals surface area (Å²) in [5.74, 6) is 0.886. The van der Waals surface area contributed by atoms with Crippen molar-refractivity contribution in [2.45, 2.75) is 57.9 Å². The standard InChI is InChI=1S/C22H34N4O2/c1-4-23-20(25-18-10-14-26(15-11-18)21(27)28-5-2)24-16-22(12-13-22)19-9-7-6-8-17(19)3/h6-9,18H,4-5,10-16H2,1-3H3,(H2,23,24,25). The predicted octanol–water partition coefficient (Wildman–Crippen LogP) is 3.20. The van der Waals surface area contributed by atoms with Crippen LogP contribution < -0.4 is 10.6 Å². The number of hydrogen-bond acceptors (Lipinski definition) is 3. The third-order valence-electron chi connectivity index (χ3n) is 5.82. The van der Waals surface area contributed by atoms with Crippen LogP contribution in [0.15, 0.2) is 29.3 Å². The highest BCUT2D eigenvalue weighted by Gasteiger charge is 2.44. The molecule has 154 valence electrons. The van der Waals surface area contributed by atoms with Crippen LogP contribution in [0.1, 0.15) is 50.7 Å². The largest absolute Gasteiger partial charge is 0.450 e. The molecule has 0 unspecified atom stereocenters. The normalized spacial score (nSPS) is 19.2. The van der Waals surface area contributed by atoms with Crippen molar-refractivity contribution in [3.05, 3.63) is 35.4 Å². The lowest BCUT2D eigenvalue weighted by atomic mass is 9.92. The number of amides is 1. The van der Waals surface area contributed by atoms with E-state index < -0.39 is 0 Å². The van der Waals surface area contributed by atoms with Crippen LogP contribution in [0, 0.1) is 6.92 Å². The lowest BCUT2D eigenvalue weighted by molar-refractivity contribution is 0.0963. The fourth-order valence-corrected chi connectivity index (χ4v) is 4.00. The van der Waals surface area contributed by atoms with Gasteiger partial charge >= 0.3 is 6.09 Å². The Morgan fingerprint density at radius 3 is 2.57 bits per heavy atom. The van der Waals surface area contributed by atoms with Crippen molar-refractivity contribution in [2.75, 3.05) is 32.8 Å². The minimum Gasteiger partial charge on any atom is -0.450 e. The number of aryl methyl sites for hydroxylation is 1. The molecule has 6 heteroatoms. The summed E-state index contributed by atoms with van der Waals surface area (Å²) in [6.45, 7) is 9.66. The fraction of sp³-hybridized carbons (Fsp3) is 0.636. The highest BCUT2D eigenvalue weighted by molar-refractivity contribution is 5.80. The first-order chi connectivity index (χ1) is 13.6. The maximum absolute atomic E-state index is 11.9. The molecular formula is C22H34N4O2. The van der Waals surface area contributed by atoms with Crippen LogP contribution in [-0.4, -0.2) is 55.8 Å². The fourth-order valence-electron chi connectivity index (χ4n) is 4.00. The van der Waals surface area contributed by atoms with Gasteiger partial charge in [0.1, 0.15) is 0 Å². The number of hydrogen-bond donors (Lipinski definition) is 2. The number of carbonyl (C=O) groups excluding carboxylic acids is 1. The topological polar surface area (TPSA) is 66.0 Å². The first kappa shape index (κ1) is 20.5. The maximum Gasteiger partial charge on any atom is 0.409 e. The summed E-state index contributed by atoms with van der Waals surface area (Å²) in [6, 6.07) is 9.01. The molecular weight excluding hydrogens is 352 g/mol. The Morgan fingerprint density at radius 1 is 1.25 bits per heavy atom.